The van der Waals surface area contributed by atoms with Gasteiger partial charge in [0.1, 0.15) is 5.82 Å². The van der Waals surface area contributed by atoms with E-state index in [-0.39, 0.29) is 11.8 Å². The van der Waals surface area contributed by atoms with Crippen LogP contribution in [-0.4, -0.2) is 35.3 Å². The van der Waals surface area contributed by atoms with E-state index in [1.165, 1.54) is 24.1 Å². The van der Waals surface area contributed by atoms with E-state index in [2.05, 4.69) is 36.1 Å². The summed E-state index contributed by atoms with van der Waals surface area (Å²) in [7, 11) is 0. The molecular formula is C21H28N4O. The number of aromatic nitrogens is 2. The lowest BCUT2D eigenvalue weighted by Gasteiger charge is -2.31. The van der Waals surface area contributed by atoms with Crippen LogP contribution in [0.25, 0.3) is 11.1 Å². The van der Waals surface area contributed by atoms with Crippen LogP contribution in [0.5, 0.6) is 0 Å². The van der Waals surface area contributed by atoms with Gasteiger partial charge in [-0.05, 0) is 32.3 Å². The van der Waals surface area contributed by atoms with Gasteiger partial charge in [-0.15, -0.1) is 0 Å². The van der Waals surface area contributed by atoms with E-state index in [1.807, 2.05) is 23.4 Å². The highest BCUT2D eigenvalue weighted by Crippen LogP contribution is 2.42. The minimum absolute atomic E-state index is 0.0153. The molecule has 1 amide bonds. The van der Waals surface area contributed by atoms with Gasteiger partial charge in [-0.2, -0.15) is 5.10 Å². The number of carbonyl (C=O) groups is 1. The molecule has 1 fully saturated rings. The highest BCUT2D eigenvalue weighted by molar-refractivity contribution is 6.00. The van der Waals surface area contributed by atoms with Gasteiger partial charge in [-0.25, -0.2) is 4.68 Å². The first kappa shape index (κ1) is 17.1. The Morgan fingerprint density at radius 1 is 1.04 bits per heavy atom. The number of para-hydroxylation sites is 1. The van der Waals surface area contributed by atoms with E-state index in [1.54, 1.807) is 0 Å². The first-order valence-electron chi connectivity index (χ1n) is 9.81. The average molecular weight is 352 g/mol. The van der Waals surface area contributed by atoms with E-state index in [9.17, 15) is 4.79 Å². The van der Waals surface area contributed by atoms with Crippen molar-refractivity contribution in [1.82, 2.24) is 9.78 Å². The number of rotatable bonds is 3. The highest BCUT2D eigenvalue weighted by atomic mass is 16.2. The molecule has 3 heterocycles. The van der Waals surface area contributed by atoms with Crippen LogP contribution in [-0.2, 0) is 11.3 Å². The summed E-state index contributed by atoms with van der Waals surface area (Å²) in [5, 5.41) is 4.79. The number of fused-ring (bicyclic) bond motifs is 1. The summed E-state index contributed by atoms with van der Waals surface area (Å²) in [5.74, 6) is 1.16. The molecule has 0 atom stereocenters. The molecule has 26 heavy (non-hydrogen) atoms. The Bertz CT molecular complexity index is 817. The quantitative estimate of drug-likeness (QED) is 0.842. The molecule has 0 unspecified atom stereocenters. The summed E-state index contributed by atoms with van der Waals surface area (Å²) in [4.78, 5) is 17.3. The first-order valence-corrected chi connectivity index (χ1v) is 9.81. The Kier molecular flexibility index (Phi) is 4.47. The lowest BCUT2D eigenvalue weighted by molar-refractivity contribution is -0.121. The summed E-state index contributed by atoms with van der Waals surface area (Å²) < 4.78 is 2.04. The van der Waals surface area contributed by atoms with Gasteiger partial charge in [-0.3, -0.25) is 9.69 Å². The van der Waals surface area contributed by atoms with E-state index in [0.29, 0.717) is 0 Å². The second kappa shape index (κ2) is 6.78. The predicted octanol–water partition coefficient (Wildman–Crippen LogP) is 3.85. The van der Waals surface area contributed by atoms with Crippen molar-refractivity contribution >= 4 is 17.4 Å². The monoisotopic (exact) mass is 352 g/mol. The first-order chi connectivity index (χ1) is 12.6. The van der Waals surface area contributed by atoms with Crippen molar-refractivity contribution in [3.05, 3.63) is 30.0 Å². The fourth-order valence-electron chi connectivity index (χ4n) is 4.24. The van der Waals surface area contributed by atoms with Gasteiger partial charge in [-0.1, -0.05) is 32.0 Å². The smallest absolute Gasteiger partial charge is 0.230 e. The van der Waals surface area contributed by atoms with E-state index in [0.717, 1.165) is 49.7 Å². The van der Waals surface area contributed by atoms with Gasteiger partial charge >= 0.3 is 0 Å². The molecule has 1 aromatic heterocycles. The van der Waals surface area contributed by atoms with Crippen molar-refractivity contribution in [2.45, 2.75) is 46.6 Å². The zero-order valence-electron chi connectivity index (χ0n) is 16.0. The van der Waals surface area contributed by atoms with Crippen LogP contribution >= 0.6 is 0 Å². The van der Waals surface area contributed by atoms with Gasteiger partial charge in [0.25, 0.3) is 0 Å². The van der Waals surface area contributed by atoms with E-state index in [4.69, 9.17) is 5.10 Å². The van der Waals surface area contributed by atoms with Crippen molar-refractivity contribution < 1.29 is 4.79 Å². The molecule has 4 rings (SSSR count). The Morgan fingerprint density at radius 2 is 1.77 bits per heavy atom. The molecule has 0 aliphatic carbocycles. The highest BCUT2D eigenvalue weighted by Gasteiger charge is 2.31. The van der Waals surface area contributed by atoms with Crippen molar-refractivity contribution in [1.29, 1.82) is 0 Å². The minimum atomic E-state index is -0.0153. The topological polar surface area (TPSA) is 41.4 Å². The fraction of sp³-hybridized carbons (Fsp3) is 0.524. The van der Waals surface area contributed by atoms with Crippen LogP contribution in [0.1, 0.15) is 38.8 Å². The molecule has 0 N–H and O–H groups in total. The maximum Gasteiger partial charge on any atom is 0.230 e. The van der Waals surface area contributed by atoms with Crippen LogP contribution in [0, 0.1) is 12.8 Å². The van der Waals surface area contributed by atoms with Gasteiger partial charge in [0.2, 0.25) is 5.91 Å². The number of anilines is 2. The summed E-state index contributed by atoms with van der Waals surface area (Å²) in [6.45, 7) is 9.89. The number of carbonyl (C=O) groups excluding carboxylic acids is 1. The SMILES string of the molecule is Cc1nn2c(c1-c1ccccc1N1CCCC1)N(C(=O)C(C)C)CCC2. The van der Waals surface area contributed by atoms with Crippen molar-refractivity contribution in [2.24, 2.45) is 5.92 Å². The third-order valence-electron chi connectivity index (χ3n) is 5.49. The maximum atomic E-state index is 12.9. The second-order valence-electron chi connectivity index (χ2n) is 7.72. The summed E-state index contributed by atoms with van der Waals surface area (Å²) >= 11 is 0. The summed E-state index contributed by atoms with van der Waals surface area (Å²) in [6.07, 6.45) is 3.45. The third kappa shape index (κ3) is 2.79. The molecule has 5 nitrogen and oxygen atoms in total. The molecule has 2 aromatic rings. The van der Waals surface area contributed by atoms with Gasteiger partial charge in [0, 0.05) is 48.9 Å². The molecule has 1 aromatic carbocycles. The Morgan fingerprint density at radius 3 is 2.50 bits per heavy atom. The van der Waals surface area contributed by atoms with Gasteiger partial charge in [0.05, 0.1) is 5.69 Å². The van der Waals surface area contributed by atoms with E-state index < -0.39 is 0 Å². The zero-order chi connectivity index (χ0) is 18.3. The Balaban J connectivity index is 1.87. The molecule has 0 spiro atoms. The molecule has 0 saturated carbocycles. The Hall–Kier alpha value is -2.30. The van der Waals surface area contributed by atoms with Crippen LogP contribution in [0.2, 0.25) is 0 Å². The molecule has 138 valence electrons. The number of hydrogen-bond donors (Lipinski definition) is 0. The average Bonchev–Trinajstić information content (AvgIpc) is 3.27. The second-order valence-corrected chi connectivity index (χ2v) is 7.72. The standard InChI is InChI=1S/C21H28N4O/c1-15(2)21(26)24-13-8-14-25-20(24)19(16(3)22-25)17-9-4-5-10-18(17)23-11-6-7-12-23/h4-5,9-10,15H,6-8,11-14H2,1-3H3. The zero-order valence-corrected chi connectivity index (χ0v) is 16.0. The lowest BCUT2D eigenvalue weighted by atomic mass is 10.0. The van der Waals surface area contributed by atoms with Crippen LogP contribution in [0.3, 0.4) is 0 Å². The lowest BCUT2D eigenvalue weighted by Crippen LogP contribution is -2.40. The number of hydrogen-bond acceptors (Lipinski definition) is 3. The van der Waals surface area contributed by atoms with E-state index >= 15 is 0 Å². The van der Waals surface area contributed by atoms with Gasteiger partial charge in [0.15, 0.2) is 0 Å². The normalized spacial score (nSPS) is 17.1. The molecule has 5 heteroatoms. The third-order valence-corrected chi connectivity index (χ3v) is 5.49. The minimum Gasteiger partial charge on any atom is -0.371 e. The molecule has 0 radical (unpaired) electrons. The number of amides is 1. The molecule has 0 bridgehead atoms. The fourth-order valence-corrected chi connectivity index (χ4v) is 4.24. The van der Waals surface area contributed by atoms with Crippen LogP contribution in [0.4, 0.5) is 11.5 Å². The predicted molar refractivity (Wildman–Crippen MR) is 106 cm³/mol. The number of benzene rings is 1. The van der Waals surface area contributed by atoms with Gasteiger partial charge < -0.3 is 4.90 Å². The largest absolute Gasteiger partial charge is 0.371 e. The van der Waals surface area contributed by atoms with Crippen LogP contribution in [0.15, 0.2) is 24.3 Å². The molecule has 2 aliphatic rings. The van der Waals surface area contributed by atoms with Crippen molar-refractivity contribution in [2.75, 3.05) is 29.4 Å². The Labute approximate surface area is 155 Å². The van der Waals surface area contributed by atoms with Crippen molar-refractivity contribution in [3.63, 3.8) is 0 Å². The number of nitrogens with zero attached hydrogens (tertiary/aromatic N) is 4. The number of aryl methyl sites for hydroxylation is 2. The summed E-state index contributed by atoms with van der Waals surface area (Å²) in [5.41, 5.74) is 4.61. The summed E-state index contributed by atoms with van der Waals surface area (Å²) in [6, 6.07) is 8.60. The molecular weight excluding hydrogens is 324 g/mol. The molecule has 2 aliphatic heterocycles. The maximum absolute atomic E-state index is 12.9. The molecule has 1 saturated heterocycles. The van der Waals surface area contributed by atoms with Crippen LogP contribution < -0.4 is 9.80 Å². The van der Waals surface area contributed by atoms with Crippen molar-refractivity contribution in [3.8, 4) is 11.1 Å².